The summed E-state index contributed by atoms with van der Waals surface area (Å²) < 4.78 is 12.3. The summed E-state index contributed by atoms with van der Waals surface area (Å²) in [6.07, 6.45) is 6.27. The predicted molar refractivity (Wildman–Crippen MR) is 139 cm³/mol. The van der Waals surface area contributed by atoms with Crippen LogP contribution >= 0.6 is 23.1 Å². The summed E-state index contributed by atoms with van der Waals surface area (Å²) in [6.45, 7) is 2.69. The van der Waals surface area contributed by atoms with Crippen LogP contribution in [0.3, 0.4) is 0 Å². The summed E-state index contributed by atoms with van der Waals surface area (Å²) in [7, 11) is 3.01. The maximum Gasteiger partial charge on any atom is 0.341 e. The lowest BCUT2D eigenvalue weighted by atomic mass is 9.96. The quantitative estimate of drug-likeness (QED) is 0.326. The van der Waals surface area contributed by atoms with Crippen molar-refractivity contribution in [3.63, 3.8) is 0 Å². The van der Waals surface area contributed by atoms with E-state index in [1.54, 1.807) is 7.11 Å². The topological polar surface area (TPSA) is 95.3 Å². The van der Waals surface area contributed by atoms with Crippen molar-refractivity contribution in [1.82, 2.24) is 14.8 Å². The van der Waals surface area contributed by atoms with Crippen molar-refractivity contribution >= 4 is 40.0 Å². The molecule has 1 N–H and O–H groups in total. The van der Waals surface area contributed by atoms with Crippen molar-refractivity contribution in [2.75, 3.05) is 25.3 Å². The Morgan fingerprint density at radius 2 is 1.83 bits per heavy atom. The highest BCUT2D eigenvalue weighted by Gasteiger charge is 2.26. The Kier molecular flexibility index (Phi) is 8.46. The summed E-state index contributed by atoms with van der Waals surface area (Å²) in [5, 5.41) is 12.9. The van der Waals surface area contributed by atoms with E-state index in [-0.39, 0.29) is 17.6 Å². The highest BCUT2D eigenvalue weighted by Crippen LogP contribution is 2.37. The van der Waals surface area contributed by atoms with Gasteiger partial charge in [-0.05, 0) is 62.4 Å². The van der Waals surface area contributed by atoms with Crippen molar-refractivity contribution in [2.45, 2.75) is 57.1 Å². The van der Waals surface area contributed by atoms with Gasteiger partial charge in [-0.3, -0.25) is 4.79 Å². The fraction of sp³-hybridized carbons (Fsp3) is 0.440. The van der Waals surface area contributed by atoms with Crippen molar-refractivity contribution < 1.29 is 19.1 Å². The molecule has 0 saturated heterocycles. The van der Waals surface area contributed by atoms with Crippen LogP contribution < -0.4 is 10.1 Å². The van der Waals surface area contributed by atoms with Crippen molar-refractivity contribution in [2.24, 2.45) is 0 Å². The number of thioether (sulfide) groups is 1. The van der Waals surface area contributed by atoms with Crippen LogP contribution in [0.4, 0.5) is 5.00 Å². The van der Waals surface area contributed by atoms with Gasteiger partial charge in [0.2, 0.25) is 5.91 Å². The predicted octanol–water partition coefficient (Wildman–Crippen LogP) is 5.21. The second-order valence-electron chi connectivity index (χ2n) is 8.23. The lowest BCUT2D eigenvalue weighted by Gasteiger charge is -2.11. The van der Waals surface area contributed by atoms with Crippen LogP contribution in [-0.2, 0) is 28.9 Å². The van der Waals surface area contributed by atoms with Crippen LogP contribution in [0, 0.1) is 0 Å². The molecule has 0 radical (unpaired) electrons. The highest BCUT2D eigenvalue weighted by molar-refractivity contribution is 7.99. The van der Waals surface area contributed by atoms with Crippen molar-refractivity contribution in [1.29, 1.82) is 0 Å². The Bertz CT molecular complexity index is 1190. The number of thiophene rings is 1. The van der Waals surface area contributed by atoms with Gasteiger partial charge < -0.3 is 19.4 Å². The second-order valence-corrected chi connectivity index (χ2v) is 10.3. The summed E-state index contributed by atoms with van der Waals surface area (Å²) in [5.74, 6) is 1.09. The Morgan fingerprint density at radius 3 is 2.51 bits per heavy atom. The largest absolute Gasteiger partial charge is 0.497 e. The molecule has 0 unspecified atom stereocenters. The van der Waals surface area contributed by atoms with Gasteiger partial charge in [-0.25, -0.2) is 4.79 Å². The molecular formula is C25H30N4O4S2. The maximum atomic E-state index is 12.9. The Balaban J connectivity index is 1.48. The summed E-state index contributed by atoms with van der Waals surface area (Å²) in [6, 6.07) is 7.64. The van der Waals surface area contributed by atoms with E-state index < -0.39 is 0 Å². The number of benzene rings is 1. The van der Waals surface area contributed by atoms with Crippen LogP contribution in [0.25, 0.3) is 11.4 Å². The van der Waals surface area contributed by atoms with Crippen LogP contribution in [0.1, 0.15) is 53.4 Å². The Labute approximate surface area is 213 Å². The minimum absolute atomic E-state index is 0.157. The van der Waals surface area contributed by atoms with Crippen LogP contribution in [-0.4, -0.2) is 46.6 Å². The number of methoxy groups -OCH3 is 2. The number of carbonyl (C=O) groups excluding carboxylic acids is 2. The molecule has 2 aromatic heterocycles. The van der Waals surface area contributed by atoms with Gasteiger partial charge in [-0.2, -0.15) is 0 Å². The first-order chi connectivity index (χ1) is 17.0. The maximum absolute atomic E-state index is 12.9. The van der Waals surface area contributed by atoms with Gasteiger partial charge in [0.25, 0.3) is 0 Å². The normalized spacial score (nSPS) is 13.5. The standard InChI is InChI=1S/C25H30N4O4S2/c1-4-29-22(16-11-13-17(32-2)14-12-16)27-28-25(29)34-15-20(30)26-23-21(24(31)33-3)18-9-7-5-6-8-10-19(18)35-23/h11-14H,4-10,15H2,1-3H3,(H,26,30). The number of anilines is 1. The first-order valence-corrected chi connectivity index (χ1v) is 13.6. The molecule has 0 aliphatic heterocycles. The van der Waals surface area contributed by atoms with E-state index in [0.717, 1.165) is 54.8 Å². The molecule has 1 aliphatic carbocycles. The van der Waals surface area contributed by atoms with Gasteiger partial charge in [0.05, 0.1) is 25.5 Å². The highest BCUT2D eigenvalue weighted by atomic mass is 32.2. The van der Waals surface area contributed by atoms with E-state index in [1.165, 1.54) is 41.5 Å². The second kappa shape index (κ2) is 11.7. The summed E-state index contributed by atoms with van der Waals surface area (Å²) in [5.41, 5.74) is 2.49. The average molecular weight is 515 g/mol. The van der Waals surface area contributed by atoms with Gasteiger partial charge in [-0.1, -0.05) is 24.6 Å². The number of nitrogens with one attached hydrogen (secondary N) is 1. The van der Waals surface area contributed by atoms with Gasteiger partial charge >= 0.3 is 5.97 Å². The van der Waals surface area contributed by atoms with E-state index >= 15 is 0 Å². The number of fused-ring (bicyclic) bond motifs is 1. The molecule has 10 heteroatoms. The van der Waals surface area contributed by atoms with E-state index in [2.05, 4.69) is 15.5 Å². The van der Waals surface area contributed by atoms with E-state index in [0.29, 0.717) is 22.3 Å². The zero-order valence-electron chi connectivity index (χ0n) is 20.3. The first kappa shape index (κ1) is 25.2. The SMILES string of the molecule is CCn1c(SCC(=O)Nc2sc3c(c2C(=O)OC)CCCCCC3)nnc1-c1ccc(OC)cc1. The number of hydrogen-bond donors (Lipinski definition) is 1. The lowest BCUT2D eigenvalue weighted by molar-refractivity contribution is -0.113. The monoisotopic (exact) mass is 514 g/mol. The van der Waals surface area contributed by atoms with Crippen molar-refractivity contribution in [3.8, 4) is 17.1 Å². The number of nitrogens with zero attached hydrogens (tertiary/aromatic N) is 3. The Hall–Kier alpha value is -2.85. The van der Waals surface area contributed by atoms with Gasteiger partial charge in [0, 0.05) is 17.0 Å². The molecule has 186 valence electrons. The third kappa shape index (κ3) is 5.70. The van der Waals surface area contributed by atoms with Crippen molar-refractivity contribution in [3.05, 3.63) is 40.3 Å². The third-order valence-corrected chi connectivity index (χ3v) is 8.20. The number of esters is 1. The number of carbonyl (C=O) groups is 2. The number of aromatic nitrogens is 3. The molecular weight excluding hydrogens is 484 g/mol. The molecule has 1 aromatic carbocycles. The summed E-state index contributed by atoms with van der Waals surface area (Å²) in [4.78, 5) is 26.7. The minimum atomic E-state index is -0.388. The molecule has 0 bridgehead atoms. The number of aryl methyl sites for hydroxylation is 1. The van der Waals surface area contributed by atoms with Crippen LogP contribution in [0.5, 0.6) is 5.75 Å². The van der Waals surface area contributed by atoms with Crippen LogP contribution in [0.2, 0.25) is 0 Å². The van der Waals surface area contributed by atoms with Gasteiger partial charge in [0.15, 0.2) is 11.0 Å². The molecule has 0 fully saturated rings. The number of hydrogen-bond acceptors (Lipinski definition) is 8. The molecule has 2 heterocycles. The molecule has 8 nitrogen and oxygen atoms in total. The molecule has 1 aliphatic rings. The van der Waals surface area contributed by atoms with E-state index in [9.17, 15) is 9.59 Å². The third-order valence-electron chi connectivity index (χ3n) is 6.03. The fourth-order valence-corrected chi connectivity index (χ4v) is 6.35. The zero-order chi connectivity index (χ0) is 24.8. The molecule has 4 rings (SSSR count). The molecule has 0 atom stereocenters. The molecule has 3 aromatic rings. The molecule has 0 spiro atoms. The van der Waals surface area contributed by atoms with Gasteiger partial charge in [0.1, 0.15) is 10.8 Å². The zero-order valence-corrected chi connectivity index (χ0v) is 21.9. The lowest BCUT2D eigenvalue weighted by Crippen LogP contribution is -2.17. The van der Waals surface area contributed by atoms with Gasteiger partial charge in [-0.15, -0.1) is 21.5 Å². The fourth-order valence-electron chi connectivity index (χ4n) is 4.25. The average Bonchev–Trinajstić information content (AvgIpc) is 3.42. The first-order valence-electron chi connectivity index (χ1n) is 11.8. The number of rotatable bonds is 8. The van der Waals surface area contributed by atoms with E-state index in [4.69, 9.17) is 9.47 Å². The molecule has 35 heavy (non-hydrogen) atoms. The smallest absolute Gasteiger partial charge is 0.341 e. The molecule has 1 amide bonds. The Morgan fingerprint density at radius 1 is 1.09 bits per heavy atom. The molecule has 0 saturated carbocycles. The minimum Gasteiger partial charge on any atom is -0.497 e. The van der Waals surface area contributed by atoms with Crippen LogP contribution in [0.15, 0.2) is 29.4 Å². The number of ether oxygens (including phenoxy) is 2. The van der Waals surface area contributed by atoms with E-state index in [1.807, 2.05) is 35.8 Å². The number of amides is 1. The summed E-state index contributed by atoms with van der Waals surface area (Å²) >= 11 is 2.83.